The fourth-order valence-corrected chi connectivity index (χ4v) is 2.84. The number of nitrogens with zero attached hydrogens (tertiary/aromatic N) is 3. The maximum Gasteiger partial charge on any atom is 0.270 e. The molecule has 0 radical (unpaired) electrons. The van der Waals surface area contributed by atoms with Crippen molar-refractivity contribution in [3.05, 3.63) is 80.5 Å². The molecule has 0 atom stereocenters. The fourth-order valence-electron chi connectivity index (χ4n) is 2.08. The maximum atomic E-state index is 13.7. The van der Waals surface area contributed by atoms with Crippen LogP contribution in [-0.2, 0) is 4.79 Å². The molecule has 7 nitrogen and oxygen atoms in total. The number of thioether (sulfide) groups is 1. The lowest BCUT2D eigenvalue weighted by Crippen LogP contribution is -2.19. The van der Waals surface area contributed by atoms with Crippen LogP contribution in [0.1, 0.15) is 11.1 Å². The van der Waals surface area contributed by atoms with Crippen LogP contribution in [0, 0.1) is 15.9 Å². The summed E-state index contributed by atoms with van der Waals surface area (Å²) in [5.74, 6) is -0.829. The molecule has 1 heterocycles. The molecule has 26 heavy (non-hydrogen) atoms. The van der Waals surface area contributed by atoms with E-state index in [-0.39, 0.29) is 10.9 Å². The van der Waals surface area contributed by atoms with Gasteiger partial charge in [0.2, 0.25) is 0 Å². The molecule has 130 valence electrons. The Morgan fingerprint density at radius 2 is 2.00 bits per heavy atom. The van der Waals surface area contributed by atoms with Gasteiger partial charge in [-0.2, -0.15) is 5.10 Å². The molecule has 0 aliphatic carbocycles. The van der Waals surface area contributed by atoms with Crippen molar-refractivity contribution in [3.63, 3.8) is 0 Å². The molecular formula is C17H11FN4O3S. The number of hydrogen-bond acceptors (Lipinski definition) is 6. The average Bonchev–Trinajstić information content (AvgIpc) is 2.97. The third kappa shape index (κ3) is 4.19. The van der Waals surface area contributed by atoms with Crippen molar-refractivity contribution >= 4 is 40.8 Å². The topological polar surface area (TPSA) is 97.0 Å². The summed E-state index contributed by atoms with van der Waals surface area (Å²) in [6.07, 6.45) is 2.77. The van der Waals surface area contributed by atoms with Crippen molar-refractivity contribution in [3.8, 4) is 0 Å². The normalized spacial score (nSPS) is 17.2. The zero-order valence-electron chi connectivity index (χ0n) is 13.1. The second kappa shape index (κ2) is 7.70. The van der Waals surface area contributed by atoms with Gasteiger partial charge in [0.05, 0.1) is 16.0 Å². The molecule has 3 rings (SSSR count). The molecule has 1 amide bonds. The summed E-state index contributed by atoms with van der Waals surface area (Å²) in [6.45, 7) is 0. The van der Waals surface area contributed by atoms with Crippen molar-refractivity contribution in [2.75, 3.05) is 0 Å². The molecule has 1 saturated heterocycles. The number of amidine groups is 1. The van der Waals surface area contributed by atoms with E-state index < -0.39 is 16.6 Å². The van der Waals surface area contributed by atoms with Crippen LogP contribution in [0.3, 0.4) is 0 Å². The van der Waals surface area contributed by atoms with Crippen LogP contribution >= 0.6 is 11.8 Å². The van der Waals surface area contributed by atoms with Crippen molar-refractivity contribution in [1.29, 1.82) is 0 Å². The molecule has 0 saturated carbocycles. The smallest absolute Gasteiger partial charge is 0.270 e. The average molecular weight is 370 g/mol. The number of non-ortho nitro benzene ring substituents is 1. The summed E-state index contributed by atoms with van der Waals surface area (Å²) in [5.41, 5.74) is 0.742. The Hall–Kier alpha value is -3.33. The van der Waals surface area contributed by atoms with Gasteiger partial charge < -0.3 is 0 Å². The Morgan fingerprint density at radius 1 is 1.19 bits per heavy atom. The highest BCUT2D eigenvalue weighted by molar-refractivity contribution is 8.18. The predicted octanol–water partition coefficient (Wildman–Crippen LogP) is 3.33. The van der Waals surface area contributed by atoms with Crippen LogP contribution in [0.2, 0.25) is 0 Å². The first-order valence-corrected chi connectivity index (χ1v) is 8.15. The highest BCUT2D eigenvalue weighted by atomic mass is 32.2. The molecule has 0 aromatic heterocycles. The number of benzene rings is 2. The number of nitrogens with one attached hydrogen (secondary N) is 1. The van der Waals surface area contributed by atoms with E-state index in [1.807, 2.05) is 0 Å². The number of halogens is 1. The van der Waals surface area contributed by atoms with Crippen molar-refractivity contribution < 1.29 is 14.1 Å². The summed E-state index contributed by atoms with van der Waals surface area (Å²) in [5, 5.41) is 21.2. The minimum absolute atomic E-state index is 0.0553. The second-order valence-corrected chi connectivity index (χ2v) is 6.12. The molecular weight excluding hydrogens is 359 g/mol. The summed E-state index contributed by atoms with van der Waals surface area (Å²) >= 11 is 1.03. The Labute approximate surface area is 151 Å². The van der Waals surface area contributed by atoms with E-state index in [0.29, 0.717) is 16.0 Å². The van der Waals surface area contributed by atoms with Crippen molar-refractivity contribution in [2.45, 2.75) is 0 Å². The molecule has 1 aliphatic heterocycles. The standard InChI is InChI=1S/C17H11FN4O3S/c18-14-7-2-1-5-12(14)9-15-16(23)20-17(26-15)21-19-10-11-4-3-6-13(8-11)22(24)25/h1-10H,(H,20,21,23). The lowest BCUT2D eigenvalue weighted by Gasteiger charge is -1.96. The minimum Gasteiger partial charge on any atom is -0.299 e. The first kappa shape index (κ1) is 17.5. The second-order valence-electron chi connectivity index (χ2n) is 5.09. The Kier molecular flexibility index (Phi) is 5.18. The maximum absolute atomic E-state index is 13.7. The molecule has 1 aliphatic rings. The fraction of sp³-hybridized carbons (Fsp3) is 0. The molecule has 1 N–H and O–H groups in total. The van der Waals surface area contributed by atoms with Crippen LogP contribution in [0.5, 0.6) is 0 Å². The quantitative estimate of drug-likeness (QED) is 0.386. The Balaban J connectivity index is 1.73. The van der Waals surface area contributed by atoms with Crippen LogP contribution in [-0.4, -0.2) is 22.2 Å². The van der Waals surface area contributed by atoms with E-state index in [4.69, 9.17) is 0 Å². The monoisotopic (exact) mass is 370 g/mol. The number of rotatable bonds is 4. The summed E-state index contributed by atoms with van der Waals surface area (Å²) in [4.78, 5) is 22.4. The zero-order chi connectivity index (χ0) is 18.5. The first-order valence-electron chi connectivity index (χ1n) is 7.34. The van der Waals surface area contributed by atoms with E-state index in [1.165, 1.54) is 36.6 Å². The number of nitro benzene ring substituents is 1. The lowest BCUT2D eigenvalue weighted by molar-refractivity contribution is -0.384. The van der Waals surface area contributed by atoms with E-state index in [9.17, 15) is 19.3 Å². The van der Waals surface area contributed by atoms with Gasteiger partial charge in [-0.15, -0.1) is 5.10 Å². The number of carbonyl (C=O) groups excluding carboxylic acids is 1. The summed E-state index contributed by atoms with van der Waals surface area (Å²) < 4.78 is 13.7. The van der Waals surface area contributed by atoms with E-state index in [0.717, 1.165) is 11.8 Å². The van der Waals surface area contributed by atoms with Crippen LogP contribution < -0.4 is 5.32 Å². The van der Waals surface area contributed by atoms with E-state index in [1.54, 1.807) is 24.3 Å². The molecule has 9 heteroatoms. The van der Waals surface area contributed by atoms with Crippen molar-refractivity contribution in [1.82, 2.24) is 5.32 Å². The predicted molar refractivity (Wildman–Crippen MR) is 98.2 cm³/mol. The van der Waals surface area contributed by atoms with Gasteiger partial charge in [0.15, 0.2) is 5.17 Å². The SMILES string of the molecule is O=C1N/C(=N\N=Cc2cccc([N+](=O)[O-])c2)SC1=Cc1ccccc1F. The molecule has 2 aromatic rings. The molecule has 2 aromatic carbocycles. The molecule has 0 unspecified atom stereocenters. The first-order chi connectivity index (χ1) is 12.5. The summed E-state index contributed by atoms with van der Waals surface area (Å²) in [6, 6.07) is 12.0. The lowest BCUT2D eigenvalue weighted by atomic mass is 10.2. The van der Waals surface area contributed by atoms with Gasteiger partial charge in [0.25, 0.3) is 11.6 Å². The highest BCUT2D eigenvalue weighted by Crippen LogP contribution is 2.26. The number of nitro groups is 1. The van der Waals surface area contributed by atoms with Gasteiger partial charge in [-0.1, -0.05) is 30.3 Å². The van der Waals surface area contributed by atoms with Gasteiger partial charge in [0.1, 0.15) is 5.82 Å². The molecule has 0 spiro atoms. The third-order valence-electron chi connectivity index (χ3n) is 3.28. The third-order valence-corrected chi connectivity index (χ3v) is 4.18. The number of amides is 1. The van der Waals surface area contributed by atoms with Gasteiger partial charge in [-0.3, -0.25) is 20.2 Å². The number of carbonyl (C=O) groups is 1. The zero-order valence-corrected chi connectivity index (χ0v) is 13.9. The van der Waals surface area contributed by atoms with Crippen molar-refractivity contribution in [2.24, 2.45) is 10.2 Å². The Morgan fingerprint density at radius 3 is 2.77 bits per heavy atom. The van der Waals surface area contributed by atoms with Crippen LogP contribution in [0.15, 0.2) is 63.6 Å². The largest absolute Gasteiger partial charge is 0.299 e. The van der Waals surface area contributed by atoms with Gasteiger partial charge >= 0.3 is 0 Å². The van der Waals surface area contributed by atoms with E-state index in [2.05, 4.69) is 15.5 Å². The highest BCUT2D eigenvalue weighted by Gasteiger charge is 2.24. The van der Waals surface area contributed by atoms with E-state index >= 15 is 0 Å². The van der Waals surface area contributed by atoms with Crippen LogP contribution in [0.25, 0.3) is 6.08 Å². The van der Waals surface area contributed by atoms with Crippen LogP contribution in [0.4, 0.5) is 10.1 Å². The number of hydrogen-bond donors (Lipinski definition) is 1. The van der Waals surface area contributed by atoms with Gasteiger partial charge in [-0.25, -0.2) is 4.39 Å². The van der Waals surface area contributed by atoms with Gasteiger partial charge in [0, 0.05) is 23.3 Å². The molecule has 0 bridgehead atoms. The summed E-state index contributed by atoms with van der Waals surface area (Å²) in [7, 11) is 0. The minimum atomic E-state index is -0.504. The molecule has 1 fully saturated rings. The van der Waals surface area contributed by atoms with Gasteiger partial charge in [-0.05, 0) is 23.9 Å². The Bertz CT molecular complexity index is 972.